The summed E-state index contributed by atoms with van der Waals surface area (Å²) in [5.41, 5.74) is 0.195. The number of carbonyl (C=O) groups excluding carboxylic acids is 2. The van der Waals surface area contributed by atoms with Crippen molar-refractivity contribution in [3.05, 3.63) is 45.9 Å². The van der Waals surface area contributed by atoms with E-state index in [4.69, 9.17) is 0 Å². The largest absolute Gasteiger partial charge is 0.318 e. The second-order valence-electron chi connectivity index (χ2n) is 3.11. The van der Waals surface area contributed by atoms with Gasteiger partial charge in [-0.05, 0) is 12.2 Å². The maximum absolute atomic E-state index is 11.3. The van der Waals surface area contributed by atoms with Crippen LogP contribution in [0.15, 0.2) is 29.2 Å². The number of ketones is 2. The average molecular weight is 189 g/mol. The Morgan fingerprint density at radius 3 is 2.21 bits per heavy atom. The van der Waals surface area contributed by atoms with Crippen molar-refractivity contribution in [2.24, 2.45) is 7.05 Å². The van der Waals surface area contributed by atoms with Crippen LogP contribution in [-0.4, -0.2) is 16.1 Å². The van der Waals surface area contributed by atoms with Crippen LogP contribution in [0.25, 0.3) is 0 Å². The summed E-state index contributed by atoms with van der Waals surface area (Å²) in [6.45, 7) is 0. The smallest absolute Gasteiger partial charge is 0.251 e. The number of carbonyl (C=O) groups is 2. The number of fused-ring (bicyclic) bond motifs is 1. The van der Waals surface area contributed by atoms with Gasteiger partial charge in [-0.1, -0.05) is 0 Å². The molecule has 4 heteroatoms. The number of rotatable bonds is 0. The van der Waals surface area contributed by atoms with E-state index in [1.165, 1.54) is 29.0 Å². The zero-order chi connectivity index (χ0) is 10.3. The van der Waals surface area contributed by atoms with Crippen LogP contribution in [0.5, 0.6) is 0 Å². The zero-order valence-electron chi connectivity index (χ0n) is 7.48. The van der Waals surface area contributed by atoms with Crippen LogP contribution >= 0.6 is 0 Å². The highest BCUT2D eigenvalue weighted by Crippen LogP contribution is 2.13. The second-order valence-corrected chi connectivity index (χ2v) is 3.11. The number of aryl methyl sites for hydroxylation is 1. The van der Waals surface area contributed by atoms with Gasteiger partial charge < -0.3 is 4.57 Å². The molecule has 0 atom stereocenters. The van der Waals surface area contributed by atoms with Crippen LogP contribution in [-0.2, 0) is 7.05 Å². The van der Waals surface area contributed by atoms with Gasteiger partial charge in [0.25, 0.3) is 5.56 Å². The minimum Gasteiger partial charge on any atom is -0.318 e. The fourth-order valence-electron chi connectivity index (χ4n) is 1.36. The zero-order valence-corrected chi connectivity index (χ0v) is 7.48. The van der Waals surface area contributed by atoms with Crippen LogP contribution in [0.4, 0.5) is 0 Å². The Kier molecular flexibility index (Phi) is 1.70. The van der Waals surface area contributed by atoms with Crippen LogP contribution in [0.3, 0.4) is 0 Å². The van der Waals surface area contributed by atoms with Gasteiger partial charge in [-0.15, -0.1) is 0 Å². The molecule has 1 heterocycles. The number of hydrogen-bond donors (Lipinski definition) is 0. The molecule has 1 aliphatic carbocycles. The number of pyridine rings is 1. The number of hydrogen-bond acceptors (Lipinski definition) is 3. The second kappa shape index (κ2) is 2.77. The summed E-state index contributed by atoms with van der Waals surface area (Å²) >= 11 is 0. The van der Waals surface area contributed by atoms with Crippen LogP contribution < -0.4 is 5.56 Å². The van der Waals surface area contributed by atoms with E-state index in [9.17, 15) is 14.4 Å². The molecule has 0 bridgehead atoms. The Balaban J connectivity index is 2.79. The van der Waals surface area contributed by atoms with E-state index in [-0.39, 0.29) is 22.7 Å². The Hall–Kier alpha value is -1.97. The first kappa shape index (κ1) is 8.62. The Bertz CT molecular complexity index is 523. The van der Waals surface area contributed by atoms with Crippen LogP contribution in [0.1, 0.15) is 20.7 Å². The van der Waals surface area contributed by atoms with Gasteiger partial charge in [0.05, 0.1) is 0 Å². The van der Waals surface area contributed by atoms with Crippen molar-refractivity contribution in [2.75, 3.05) is 0 Å². The van der Waals surface area contributed by atoms with Gasteiger partial charge in [0.15, 0.2) is 11.6 Å². The van der Waals surface area contributed by atoms with E-state index in [2.05, 4.69) is 0 Å². The first-order valence-electron chi connectivity index (χ1n) is 4.07. The number of allylic oxidation sites excluding steroid dienone is 2. The third-order valence-corrected chi connectivity index (χ3v) is 2.15. The highest BCUT2D eigenvalue weighted by Gasteiger charge is 2.19. The lowest BCUT2D eigenvalue weighted by molar-refractivity contribution is 0.0993. The molecule has 2 rings (SSSR count). The molecule has 1 aliphatic rings. The third kappa shape index (κ3) is 1.12. The van der Waals surface area contributed by atoms with Crippen molar-refractivity contribution in [2.45, 2.75) is 0 Å². The first-order chi connectivity index (χ1) is 6.59. The molecule has 0 fully saturated rings. The van der Waals surface area contributed by atoms with E-state index in [1.54, 1.807) is 7.05 Å². The standard InChI is InChI=1S/C10H7NO3/c1-11-5-7-6(4-10(11)14)8(12)2-3-9(7)13/h2-5H,1H3. The number of nitrogens with zero attached hydrogens (tertiary/aromatic N) is 1. The normalized spacial score (nSPS) is 14.4. The van der Waals surface area contributed by atoms with Crippen molar-refractivity contribution in [3.8, 4) is 0 Å². The maximum atomic E-state index is 11.3. The van der Waals surface area contributed by atoms with Gasteiger partial charge in [0.1, 0.15) is 0 Å². The molecule has 1 aromatic heterocycles. The molecule has 14 heavy (non-hydrogen) atoms. The quantitative estimate of drug-likeness (QED) is 0.590. The minimum absolute atomic E-state index is 0.195. The Labute approximate surface area is 79.5 Å². The number of aromatic nitrogens is 1. The predicted octanol–water partition coefficient (Wildman–Crippen LogP) is 0.321. The molecule has 0 radical (unpaired) electrons. The van der Waals surface area contributed by atoms with Crippen LogP contribution in [0.2, 0.25) is 0 Å². The highest BCUT2D eigenvalue weighted by molar-refractivity contribution is 6.21. The van der Waals surface area contributed by atoms with Gasteiger partial charge in [-0.2, -0.15) is 0 Å². The topological polar surface area (TPSA) is 56.1 Å². The molecular weight excluding hydrogens is 182 g/mol. The molecule has 0 saturated carbocycles. The van der Waals surface area contributed by atoms with E-state index in [0.29, 0.717) is 5.56 Å². The lowest BCUT2D eigenvalue weighted by Crippen LogP contribution is -2.22. The van der Waals surface area contributed by atoms with Gasteiger partial charge >= 0.3 is 0 Å². The Morgan fingerprint density at radius 1 is 1.00 bits per heavy atom. The molecule has 0 spiro atoms. The van der Waals surface area contributed by atoms with Crippen LogP contribution in [0, 0.1) is 0 Å². The fourth-order valence-corrected chi connectivity index (χ4v) is 1.36. The van der Waals surface area contributed by atoms with Crippen molar-refractivity contribution < 1.29 is 9.59 Å². The summed E-state index contributed by atoms with van der Waals surface area (Å²) in [5.74, 6) is -0.535. The summed E-state index contributed by atoms with van der Waals surface area (Å²) < 4.78 is 1.28. The van der Waals surface area contributed by atoms with Gasteiger partial charge in [-0.3, -0.25) is 14.4 Å². The lowest BCUT2D eigenvalue weighted by atomic mass is 9.97. The maximum Gasteiger partial charge on any atom is 0.251 e. The molecule has 70 valence electrons. The van der Waals surface area contributed by atoms with E-state index in [1.807, 2.05) is 0 Å². The molecule has 0 N–H and O–H groups in total. The average Bonchev–Trinajstić information content (AvgIpc) is 2.15. The van der Waals surface area contributed by atoms with Gasteiger partial charge in [0, 0.05) is 30.4 Å². The molecule has 4 nitrogen and oxygen atoms in total. The summed E-state index contributed by atoms with van der Waals surface area (Å²) in [5, 5.41) is 0. The molecule has 0 unspecified atom stereocenters. The van der Waals surface area contributed by atoms with Crippen molar-refractivity contribution in [1.82, 2.24) is 4.57 Å². The summed E-state index contributed by atoms with van der Waals surface area (Å²) in [6.07, 6.45) is 3.79. The third-order valence-electron chi connectivity index (χ3n) is 2.15. The summed E-state index contributed by atoms with van der Waals surface area (Å²) in [7, 11) is 1.54. The SMILES string of the molecule is Cn1cc2c(cc1=O)C(=O)C=CC2=O. The van der Waals surface area contributed by atoms with E-state index >= 15 is 0 Å². The molecule has 0 saturated heterocycles. The first-order valence-corrected chi connectivity index (χ1v) is 4.07. The fraction of sp³-hybridized carbons (Fsp3) is 0.100. The highest BCUT2D eigenvalue weighted by atomic mass is 16.1. The monoisotopic (exact) mass is 189 g/mol. The van der Waals surface area contributed by atoms with Gasteiger partial charge in [-0.25, -0.2) is 0 Å². The molecule has 0 aliphatic heterocycles. The van der Waals surface area contributed by atoms with Crippen molar-refractivity contribution >= 4 is 11.6 Å². The predicted molar refractivity (Wildman–Crippen MR) is 49.5 cm³/mol. The Morgan fingerprint density at radius 2 is 1.57 bits per heavy atom. The lowest BCUT2D eigenvalue weighted by Gasteiger charge is -2.09. The van der Waals surface area contributed by atoms with Gasteiger partial charge in [0.2, 0.25) is 0 Å². The summed E-state index contributed by atoms with van der Waals surface area (Å²) in [4.78, 5) is 33.9. The van der Waals surface area contributed by atoms with E-state index < -0.39 is 0 Å². The van der Waals surface area contributed by atoms with Crippen molar-refractivity contribution in [3.63, 3.8) is 0 Å². The molecule has 1 aromatic rings. The van der Waals surface area contributed by atoms with Crippen molar-refractivity contribution in [1.29, 1.82) is 0 Å². The minimum atomic E-state index is -0.294. The van der Waals surface area contributed by atoms with E-state index in [0.717, 1.165) is 0 Å². The molecular formula is C10H7NO3. The summed E-state index contributed by atoms with van der Waals surface area (Å²) in [6, 6.07) is 1.19. The molecule has 0 amide bonds. The molecule has 0 aromatic carbocycles.